The summed E-state index contributed by atoms with van der Waals surface area (Å²) in [5.41, 5.74) is 6.07. The number of aliphatic hydroxyl groups excluding tert-OH is 1. The fraction of sp³-hybridized carbons (Fsp3) is 0.600. The van der Waals surface area contributed by atoms with Crippen LogP contribution in [0, 0.1) is 0 Å². The lowest BCUT2D eigenvalue weighted by atomic mass is 9.73. The Morgan fingerprint density at radius 1 is 1.24 bits per heavy atom. The predicted molar refractivity (Wildman–Crippen MR) is 75.0 cm³/mol. The summed E-state index contributed by atoms with van der Waals surface area (Å²) in [5.74, 6) is 0. The molecule has 3 nitrogen and oxygen atoms in total. The zero-order valence-electron chi connectivity index (χ0n) is 12.1. The molecule has 0 aliphatic rings. The summed E-state index contributed by atoms with van der Waals surface area (Å²) in [5, 5.41) is 10.1. The lowest BCUT2D eigenvalue weighted by Gasteiger charge is -2.36. The Hall–Kier alpha value is -1.11. The molecule has 0 saturated carbocycles. The van der Waals surface area contributed by atoms with Crippen LogP contribution in [-0.4, -0.2) is 37.1 Å². The van der Waals surface area contributed by atoms with Gasteiger partial charge in [0.1, 0.15) is 6.61 Å². The molecule has 0 aliphatic heterocycles. The van der Waals surface area contributed by atoms with Gasteiger partial charge in [-0.25, -0.2) is 0 Å². The van der Waals surface area contributed by atoms with Crippen molar-refractivity contribution in [2.45, 2.75) is 37.5 Å². The molecular weight excluding hydrogens is 283 g/mol. The summed E-state index contributed by atoms with van der Waals surface area (Å²) < 4.78 is 40.6. The van der Waals surface area contributed by atoms with Crippen LogP contribution in [0.2, 0.25) is 0 Å². The van der Waals surface area contributed by atoms with Gasteiger partial charge in [-0.15, -0.1) is 0 Å². The van der Waals surface area contributed by atoms with E-state index in [1.807, 2.05) is 30.3 Å². The van der Waals surface area contributed by atoms with Gasteiger partial charge in [-0.3, -0.25) is 0 Å². The molecule has 2 atom stereocenters. The lowest BCUT2D eigenvalue weighted by Crippen LogP contribution is -2.44. The zero-order valence-corrected chi connectivity index (χ0v) is 12.1. The molecule has 2 unspecified atom stereocenters. The van der Waals surface area contributed by atoms with E-state index in [0.29, 0.717) is 12.8 Å². The number of rotatable bonds is 8. The highest BCUT2D eigenvalue weighted by Gasteiger charge is 2.35. The number of alkyl halides is 3. The van der Waals surface area contributed by atoms with Crippen LogP contribution in [-0.2, 0) is 10.2 Å². The summed E-state index contributed by atoms with van der Waals surface area (Å²) in [4.78, 5) is 0. The fourth-order valence-electron chi connectivity index (χ4n) is 2.43. The first-order valence-electron chi connectivity index (χ1n) is 6.90. The quantitative estimate of drug-likeness (QED) is 0.726. The molecule has 6 heteroatoms. The molecule has 0 fully saturated rings. The van der Waals surface area contributed by atoms with Gasteiger partial charge in [-0.05, 0) is 25.3 Å². The Kier molecular flexibility index (Phi) is 6.64. The molecule has 0 bridgehead atoms. The Bertz CT molecular complexity index is 409. The van der Waals surface area contributed by atoms with Crippen molar-refractivity contribution in [2.24, 2.45) is 5.73 Å². The van der Waals surface area contributed by atoms with Gasteiger partial charge < -0.3 is 15.6 Å². The maximum Gasteiger partial charge on any atom is 0.411 e. The Morgan fingerprint density at radius 2 is 1.86 bits per heavy atom. The van der Waals surface area contributed by atoms with Gasteiger partial charge in [0.2, 0.25) is 0 Å². The van der Waals surface area contributed by atoms with Gasteiger partial charge in [0.25, 0.3) is 0 Å². The molecule has 0 saturated heterocycles. The van der Waals surface area contributed by atoms with Crippen molar-refractivity contribution in [3.8, 4) is 0 Å². The molecular formula is C15H22F3NO2. The summed E-state index contributed by atoms with van der Waals surface area (Å²) in [6.45, 7) is 0.605. The number of aliphatic hydroxyl groups is 1. The number of hydrogen-bond acceptors (Lipinski definition) is 3. The monoisotopic (exact) mass is 305 g/mol. The van der Waals surface area contributed by atoms with Gasteiger partial charge in [-0.2, -0.15) is 13.2 Å². The minimum Gasteiger partial charge on any atom is -0.392 e. The number of halogens is 3. The van der Waals surface area contributed by atoms with Crippen molar-refractivity contribution in [2.75, 3.05) is 19.8 Å². The van der Waals surface area contributed by atoms with Gasteiger partial charge in [0.15, 0.2) is 0 Å². The third-order valence-electron chi connectivity index (χ3n) is 3.69. The van der Waals surface area contributed by atoms with E-state index in [-0.39, 0.29) is 13.2 Å². The van der Waals surface area contributed by atoms with Crippen molar-refractivity contribution in [3.05, 3.63) is 35.9 Å². The average Bonchev–Trinajstić information content (AvgIpc) is 2.42. The molecule has 1 rings (SSSR count). The van der Waals surface area contributed by atoms with Gasteiger partial charge in [0.05, 0.1) is 6.10 Å². The van der Waals surface area contributed by atoms with Crippen LogP contribution in [0.25, 0.3) is 0 Å². The van der Waals surface area contributed by atoms with Gasteiger partial charge >= 0.3 is 6.18 Å². The second kappa shape index (κ2) is 7.77. The van der Waals surface area contributed by atoms with Gasteiger partial charge in [-0.1, -0.05) is 30.3 Å². The highest BCUT2D eigenvalue weighted by molar-refractivity contribution is 5.27. The van der Waals surface area contributed by atoms with E-state index in [1.54, 1.807) is 6.92 Å². The molecule has 0 spiro atoms. The smallest absolute Gasteiger partial charge is 0.392 e. The van der Waals surface area contributed by atoms with E-state index in [4.69, 9.17) is 5.73 Å². The highest BCUT2D eigenvalue weighted by Crippen LogP contribution is 2.32. The van der Waals surface area contributed by atoms with Crippen LogP contribution >= 0.6 is 0 Å². The van der Waals surface area contributed by atoms with Crippen LogP contribution in [0.5, 0.6) is 0 Å². The molecule has 0 aliphatic carbocycles. The van der Waals surface area contributed by atoms with E-state index < -0.39 is 24.3 Å². The molecule has 0 radical (unpaired) electrons. The first kappa shape index (κ1) is 17.9. The van der Waals surface area contributed by atoms with E-state index in [9.17, 15) is 18.3 Å². The largest absolute Gasteiger partial charge is 0.411 e. The second-order valence-electron chi connectivity index (χ2n) is 5.17. The van der Waals surface area contributed by atoms with Crippen LogP contribution in [0.3, 0.4) is 0 Å². The minimum absolute atomic E-state index is 0.0131. The standard InChI is InChI=1S/C15H22F3NO2/c1-12(20)14(10-19,13-6-3-2-4-7-13)8-5-9-21-11-15(16,17)18/h2-4,6-7,12,20H,5,8-11,19H2,1H3. The highest BCUT2D eigenvalue weighted by atomic mass is 19.4. The summed E-state index contributed by atoms with van der Waals surface area (Å²) >= 11 is 0. The van der Waals surface area contributed by atoms with Crippen LogP contribution in [0.4, 0.5) is 13.2 Å². The van der Waals surface area contributed by atoms with E-state index in [2.05, 4.69) is 4.74 Å². The lowest BCUT2D eigenvalue weighted by molar-refractivity contribution is -0.174. The maximum atomic E-state index is 12.0. The molecule has 120 valence electrons. The first-order chi connectivity index (χ1) is 9.82. The topological polar surface area (TPSA) is 55.5 Å². The van der Waals surface area contributed by atoms with Gasteiger partial charge in [0, 0.05) is 18.6 Å². The Morgan fingerprint density at radius 3 is 2.33 bits per heavy atom. The third kappa shape index (κ3) is 5.30. The fourth-order valence-corrected chi connectivity index (χ4v) is 2.43. The normalized spacial score (nSPS) is 16.5. The maximum absolute atomic E-state index is 12.0. The first-order valence-corrected chi connectivity index (χ1v) is 6.90. The van der Waals surface area contributed by atoms with Crippen LogP contribution in [0.15, 0.2) is 30.3 Å². The van der Waals surface area contributed by atoms with Crippen molar-refractivity contribution < 1.29 is 23.0 Å². The molecule has 0 aromatic heterocycles. The summed E-state index contributed by atoms with van der Waals surface area (Å²) in [6.07, 6.45) is -4.15. The summed E-state index contributed by atoms with van der Waals surface area (Å²) in [7, 11) is 0. The number of ether oxygens (including phenoxy) is 1. The molecule has 1 aromatic rings. The molecule has 1 aromatic carbocycles. The number of nitrogens with two attached hydrogens (primary N) is 1. The molecule has 3 N–H and O–H groups in total. The predicted octanol–water partition coefficient (Wildman–Crippen LogP) is 2.62. The average molecular weight is 305 g/mol. The summed E-state index contributed by atoms with van der Waals surface area (Å²) in [6, 6.07) is 9.30. The van der Waals surface area contributed by atoms with Crippen molar-refractivity contribution in [3.63, 3.8) is 0 Å². The SMILES string of the molecule is CC(O)C(CN)(CCCOCC(F)(F)F)c1ccccc1. The molecule has 0 heterocycles. The van der Waals surface area contributed by atoms with Crippen molar-refractivity contribution in [1.82, 2.24) is 0 Å². The van der Waals surface area contributed by atoms with E-state index in [1.165, 1.54) is 0 Å². The van der Waals surface area contributed by atoms with Crippen LogP contribution in [0.1, 0.15) is 25.3 Å². The van der Waals surface area contributed by atoms with E-state index in [0.717, 1.165) is 5.56 Å². The molecule has 0 amide bonds. The second-order valence-corrected chi connectivity index (χ2v) is 5.17. The van der Waals surface area contributed by atoms with E-state index >= 15 is 0 Å². The minimum atomic E-state index is -4.31. The number of hydrogen-bond donors (Lipinski definition) is 2. The van der Waals surface area contributed by atoms with Crippen molar-refractivity contribution >= 4 is 0 Å². The zero-order chi connectivity index (χ0) is 15.9. The third-order valence-corrected chi connectivity index (χ3v) is 3.69. The number of benzene rings is 1. The Labute approximate surface area is 122 Å². The van der Waals surface area contributed by atoms with Crippen LogP contribution < -0.4 is 5.73 Å². The van der Waals surface area contributed by atoms with Crippen molar-refractivity contribution in [1.29, 1.82) is 0 Å². The Balaban J connectivity index is 2.64. The molecule has 21 heavy (non-hydrogen) atoms.